The van der Waals surface area contributed by atoms with Gasteiger partial charge in [0, 0.05) is 11.1 Å². The Hall–Kier alpha value is -1.89. The normalized spacial score (nSPS) is 10.8. The summed E-state index contributed by atoms with van der Waals surface area (Å²) in [5.41, 5.74) is 9.10. The second-order valence-corrected chi connectivity index (χ2v) is 6.10. The highest BCUT2D eigenvalue weighted by Crippen LogP contribution is 2.26. The zero-order chi connectivity index (χ0) is 16.4. The monoisotopic (exact) mass is 294 g/mol. The van der Waals surface area contributed by atoms with E-state index in [0.29, 0.717) is 0 Å². The van der Waals surface area contributed by atoms with Gasteiger partial charge in [-0.05, 0) is 73.9 Å². The number of benzene rings is 2. The van der Waals surface area contributed by atoms with E-state index in [1.165, 1.54) is 33.4 Å². The predicted octanol–water partition coefficient (Wildman–Crippen LogP) is 5.28. The molecule has 0 aliphatic rings. The number of aryl methyl sites for hydroxylation is 2. The summed E-state index contributed by atoms with van der Waals surface area (Å²) >= 11 is 0. The first-order valence-corrected chi connectivity index (χ1v) is 8.15. The average Bonchev–Trinajstić information content (AvgIpc) is 2.51. The fraction of sp³-hybridized carbons (Fsp3) is 0.381. The molecule has 2 aromatic rings. The lowest BCUT2D eigenvalue weighted by Gasteiger charge is -2.16. The fourth-order valence-electron chi connectivity index (χ4n) is 3.23. The molecule has 2 aromatic carbocycles. The molecule has 0 spiro atoms. The second kappa shape index (κ2) is 6.48. The summed E-state index contributed by atoms with van der Waals surface area (Å²) in [7, 11) is 0. The molecular weight excluding hydrogens is 268 g/mol. The van der Waals surface area contributed by atoms with E-state index >= 15 is 0 Å². The van der Waals surface area contributed by atoms with Crippen LogP contribution < -0.4 is 0 Å². The van der Waals surface area contributed by atoms with Crippen molar-refractivity contribution in [2.45, 2.75) is 54.4 Å². The van der Waals surface area contributed by atoms with Gasteiger partial charge in [-0.2, -0.15) is 0 Å². The molecule has 0 saturated heterocycles. The van der Waals surface area contributed by atoms with E-state index in [4.69, 9.17) is 0 Å². The minimum atomic E-state index is 0.167. The van der Waals surface area contributed by atoms with Crippen LogP contribution in [0.2, 0.25) is 0 Å². The van der Waals surface area contributed by atoms with Crippen molar-refractivity contribution in [2.75, 3.05) is 0 Å². The first-order valence-electron chi connectivity index (χ1n) is 8.15. The fourth-order valence-corrected chi connectivity index (χ4v) is 3.23. The van der Waals surface area contributed by atoms with Crippen molar-refractivity contribution >= 4 is 5.78 Å². The molecule has 0 atom stereocenters. The zero-order valence-corrected chi connectivity index (χ0v) is 14.6. The van der Waals surface area contributed by atoms with Gasteiger partial charge in [0.25, 0.3) is 0 Å². The molecule has 0 heterocycles. The van der Waals surface area contributed by atoms with Crippen LogP contribution in [0.3, 0.4) is 0 Å². The zero-order valence-electron chi connectivity index (χ0n) is 14.6. The molecule has 0 amide bonds. The topological polar surface area (TPSA) is 17.1 Å². The number of carbonyl (C=O) groups is 1. The maximum Gasteiger partial charge on any atom is 0.193 e. The van der Waals surface area contributed by atoms with Gasteiger partial charge in [0.15, 0.2) is 5.78 Å². The third kappa shape index (κ3) is 2.72. The standard InChI is InChI=1S/C21H26O/c1-7-17-15(5)13(3)9-11-19(17)21(22)20-12-10-14(4)16(6)18(20)8-2/h9-12H,7-8H2,1-6H3. The van der Waals surface area contributed by atoms with Crippen molar-refractivity contribution in [1.29, 1.82) is 0 Å². The molecule has 0 aliphatic carbocycles. The van der Waals surface area contributed by atoms with Crippen LogP contribution in [-0.2, 0) is 12.8 Å². The average molecular weight is 294 g/mol. The molecule has 0 unspecified atom stereocenters. The lowest BCUT2D eigenvalue weighted by Crippen LogP contribution is -2.11. The molecule has 0 aliphatic heterocycles. The van der Waals surface area contributed by atoms with Gasteiger partial charge < -0.3 is 0 Å². The molecule has 22 heavy (non-hydrogen) atoms. The molecule has 0 bridgehead atoms. The summed E-state index contributed by atoms with van der Waals surface area (Å²) in [5.74, 6) is 0.167. The molecule has 0 aromatic heterocycles. The summed E-state index contributed by atoms with van der Waals surface area (Å²) < 4.78 is 0. The van der Waals surface area contributed by atoms with Gasteiger partial charge >= 0.3 is 0 Å². The van der Waals surface area contributed by atoms with Crippen molar-refractivity contribution < 1.29 is 4.79 Å². The van der Waals surface area contributed by atoms with Gasteiger partial charge in [-0.25, -0.2) is 0 Å². The Morgan fingerprint density at radius 1 is 0.727 bits per heavy atom. The quantitative estimate of drug-likeness (QED) is 0.701. The van der Waals surface area contributed by atoms with Crippen molar-refractivity contribution in [3.63, 3.8) is 0 Å². The van der Waals surface area contributed by atoms with Crippen LogP contribution in [0.15, 0.2) is 24.3 Å². The summed E-state index contributed by atoms with van der Waals surface area (Å²) in [4.78, 5) is 13.1. The molecule has 1 nitrogen and oxygen atoms in total. The number of rotatable bonds is 4. The molecule has 0 fully saturated rings. The van der Waals surface area contributed by atoms with Crippen molar-refractivity contribution in [1.82, 2.24) is 0 Å². The van der Waals surface area contributed by atoms with Crippen molar-refractivity contribution in [3.05, 3.63) is 68.8 Å². The Bertz CT molecular complexity index is 662. The van der Waals surface area contributed by atoms with Gasteiger partial charge in [-0.15, -0.1) is 0 Å². The summed E-state index contributed by atoms with van der Waals surface area (Å²) in [5, 5.41) is 0. The van der Waals surface area contributed by atoms with Gasteiger partial charge in [0.2, 0.25) is 0 Å². The highest BCUT2D eigenvalue weighted by atomic mass is 16.1. The van der Waals surface area contributed by atoms with Crippen LogP contribution in [-0.4, -0.2) is 5.78 Å². The number of hydrogen-bond acceptors (Lipinski definition) is 1. The van der Waals surface area contributed by atoms with Crippen LogP contribution in [0.5, 0.6) is 0 Å². The predicted molar refractivity (Wildman–Crippen MR) is 94.0 cm³/mol. The first kappa shape index (κ1) is 16.5. The van der Waals surface area contributed by atoms with E-state index in [1.807, 2.05) is 12.1 Å². The molecule has 2 rings (SSSR count). The number of ketones is 1. The minimum Gasteiger partial charge on any atom is -0.289 e. The highest BCUT2D eigenvalue weighted by Gasteiger charge is 2.19. The van der Waals surface area contributed by atoms with Gasteiger partial charge in [-0.1, -0.05) is 38.1 Å². The first-order chi connectivity index (χ1) is 10.4. The Kier molecular flexibility index (Phi) is 4.85. The van der Waals surface area contributed by atoms with Crippen LogP contribution in [0, 0.1) is 27.7 Å². The summed E-state index contributed by atoms with van der Waals surface area (Å²) in [6.07, 6.45) is 1.78. The number of carbonyl (C=O) groups excluding carboxylic acids is 1. The molecular formula is C21H26O. The Balaban J connectivity index is 2.64. The van der Waals surface area contributed by atoms with E-state index in [2.05, 4.69) is 53.7 Å². The molecule has 0 saturated carbocycles. The molecule has 0 N–H and O–H groups in total. The van der Waals surface area contributed by atoms with Gasteiger partial charge in [-0.3, -0.25) is 4.79 Å². The molecule has 1 heteroatoms. The summed E-state index contributed by atoms with van der Waals surface area (Å²) in [6.45, 7) is 12.7. The summed E-state index contributed by atoms with van der Waals surface area (Å²) in [6, 6.07) is 8.12. The van der Waals surface area contributed by atoms with E-state index < -0.39 is 0 Å². The van der Waals surface area contributed by atoms with E-state index in [0.717, 1.165) is 24.0 Å². The second-order valence-electron chi connectivity index (χ2n) is 6.10. The van der Waals surface area contributed by atoms with E-state index in [1.54, 1.807) is 0 Å². The SMILES string of the molecule is CCc1c(C(=O)c2ccc(C)c(C)c2CC)ccc(C)c1C. The third-order valence-corrected chi connectivity index (χ3v) is 4.93. The number of hydrogen-bond donors (Lipinski definition) is 0. The molecule has 0 radical (unpaired) electrons. The van der Waals surface area contributed by atoms with Gasteiger partial charge in [0.05, 0.1) is 0 Å². The lowest BCUT2D eigenvalue weighted by molar-refractivity contribution is 0.103. The Morgan fingerprint density at radius 3 is 1.41 bits per heavy atom. The highest BCUT2D eigenvalue weighted by molar-refractivity contribution is 6.11. The van der Waals surface area contributed by atoms with Crippen molar-refractivity contribution in [3.8, 4) is 0 Å². The van der Waals surface area contributed by atoms with Crippen LogP contribution >= 0.6 is 0 Å². The van der Waals surface area contributed by atoms with Crippen LogP contribution in [0.1, 0.15) is 63.1 Å². The Morgan fingerprint density at radius 2 is 1.09 bits per heavy atom. The van der Waals surface area contributed by atoms with Crippen LogP contribution in [0.25, 0.3) is 0 Å². The smallest absolute Gasteiger partial charge is 0.193 e. The van der Waals surface area contributed by atoms with E-state index in [-0.39, 0.29) is 5.78 Å². The Labute approximate surface area is 134 Å². The minimum absolute atomic E-state index is 0.167. The van der Waals surface area contributed by atoms with Crippen molar-refractivity contribution in [2.24, 2.45) is 0 Å². The lowest BCUT2D eigenvalue weighted by atomic mass is 9.87. The maximum atomic E-state index is 13.1. The van der Waals surface area contributed by atoms with E-state index in [9.17, 15) is 4.79 Å². The maximum absolute atomic E-state index is 13.1. The molecule has 116 valence electrons. The third-order valence-electron chi connectivity index (χ3n) is 4.93. The van der Waals surface area contributed by atoms with Gasteiger partial charge in [0.1, 0.15) is 0 Å². The van der Waals surface area contributed by atoms with Crippen LogP contribution in [0.4, 0.5) is 0 Å². The largest absolute Gasteiger partial charge is 0.289 e.